The van der Waals surface area contributed by atoms with E-state index in [0.29, 0.717) is 11.4 Å². The molecule has 0 aliphatic rings. The maximum atomic E-state index is 13.3. The Hall–Kier alpha value is -2.89. The molecule has 33 heavy (non-hydrogen) atoms. The summed E-state index contributed by atoms with van der Waals surface area (Å²) in [7, 11) is 1.58. The van der Waals surface area contributed by atoms with Crippen LogP contribution in [0, 0.1) is 10.5 Å². The molecular formula is C23H21ClIN5O3. The van der Waals surface area contributed by atoms with Crippen molar-refractivity contribution in [3.05, 3.63) is 91.4 Å². The van der Waals surface area contributed by atoms with E-state index in [0.717, 1.165) is 20.5 Å². The van der Waals surface area contributed by atoms with E-state index in [2.05, 4.69) is 38.0 Å². The zero-order valence-corrected chi connectivity index (χ0v) is 20.8. The fraction of sp³-hybridized carbons (Fsp3) is 0.174. The second-order valence-corrected chi connectivity index (χ2v) is 8.95. The molecule has 0 aliphatic carbocycles. The summed E-state index contributed by atoms with van der Waals surface area (Å²) in [6.45, 7) is 1.60. The van der Waals surface area contributed by atoms with Crippen LogP contribution in [-0.4, -0.2) is 38.2 Å². The van der Waals surface area contributed by atoms with Crippen LogP contribution >= 0.6 is 34.2 Å². The molecule has 1 atom stereocenters. The third-order valence-electron chi connectivity index (χ3n) is 5.06. The van der Waals surface area contributed by atoms with E-state index in [-0.39, 0.29) is 17.4 Å². The van der Waals surface area contributed by atoms with Gasteiger partial charge in [0.25, 0.3) is 5.56 Å². The summed E-state index contributed by atoms with van der Waals surface area (Å²) in [4.78, 5) is 17.5. The lowest BCUT2D eigenvalue weighted by Crippen LogP contribution is -2.31. The van der Waals surface area contributed by atoms with Crippen LogP contribution in [0.5, 0.6) is 5.75 Å². The molecule has 0 amide bonds. The van der Waals surface area contributed by atoms with Crippen molar-refractivity contribution in [2.75, 3.05) is 19.0 Å². The third kappa shape index (κ3) is 5.05. The number of benzene rings is 2. The summed E-state index contributed by atoms with van der Waals surface area (Å²) >= 11 is 8.43. The fourth-order valence-corrected chi connectivity index (χ4v) is 4.25. The number of halogens is 2. The Kier molecular flexibility index (Phi) is 7.01. The van der Waals surface area contributed by atoms with Gasteiger partial charge in [-0.2, -0.15) is 5.10 Å². The Morgan fingerprint density at radius 3 is 2.73 bits per heavy atom. The molecule has 4 aromatic rings. The highest BCUT2D eigenvalue weighted by molar-refractivity contribution is 14.1. The maximum Gasteiger partial charge on any atom is 0.291 e. The van der Waals surface area contributed by atoms with Crippen LogP contribution in [0.2, 0.25) is 5.15 Å². The predicted molar refractivity (Wildman–Crippen MR) is 136 cm³/mol. The minimum absolute atomic E-state index is 0.124. The zero-order chi connectivity index (χ0) is 23.5. The van der Waals surface area contributed by atoms with Crippen molar-refractivity contribution in [2.45, 2.75) is 13.0 Å². The lowest BCUT2D eigenvalue weighted by Gasteiger charge is -2.19. The van der Waals surface area contributed by atoms with Gasteiger partial charge in [0, 0.05) is 27.6 Å². The Morgan fingerprint density at radius 2 is 2.06 bits per heavy atom. The summed E-state index contributed by atoms with van der Waals surface area (Å²) in [5.41, 5.74) is 2.91. The monoisotopic (exact) mass is 577 g/mol. The van der Waals surface area contributed by atoms with Crippen molar-refractivity contribution in [3.63, 3.8) is 0 Å². The van der Waals surface area contributed by atoms with Gasteiger partial charge in [-0.05, 0) is 59.3 Å². The van der Waals surface area contributed by atoms with Crippen LogP contribution in [0.4, 0.5) is 11.4 Å². The molecule has 10 heteroatoms. The van der Waals surface area contributed by atoms with Crippen molar-refractivity contribution < 1.29 is 9.84 Å². The van der Waals surface area contributed by atoms with Gasteiger partial charge in [-0.15, -0.1) is 0 Å². The van der Waals surface area contributed by atoms with Crippen LogP contribution < -0.4 is 15.6 Å². The van der Waals surface area contributed by atoms with Gasteiger partial charge in [0.2, 0.25) is 0 Å². The molecule has 2 heterocycles. The summed E-state index contributed by atoms with van der Waals surface area (Å²) in [5, 5.41) is 17.4. The van der Waals surface area contributed by atoms with Gasteiger partial charge >= 0.3 is 0 Å². The lowest BCUT2D eigenvalue weighted by atomic mass is 10.1. The minimum Gasteiger partial charge on any atom is -0.494 e. The highest BCUT2D eigenvalue weighted by Gasteiger charge is 2.19. The van der Waals surface area contributed by atoms with Gasteiger partial charge in [-0.25, -0.2) is 9.67 Å². The largest absolute Gasteiger partial charge is 0.494 e. The SMILES string of the molecule is COc1cc(Nc2cc(Cl)nn([C@@H](CO)c3cccc(I)c3)c2=O)ccc1-n1cnc(C)c1. The van der Waals surface area contributed by atoms with Crippen LogP contribution in [0.15, 0.2) is 65.8 Å². The van der Waals surface area contributed by atoms with Crippen molar-refractivity contribution in [1.29, 1.82) is 0 Å². The number of hydrogen-bond acceptors (Lipinski definition) is 6. The first-order chi connectivity index (χ1) is 15.9. The molecule has 0 bridgehead atoms. The molecule has 2 aromatic heterocycles. The number of anilines is 2. The zero-order valence-electron chi connectivity index (χ0n) is 17.9. The summed E-state index contributed by atoms with van der Waals surface area (Å²) in [6, 6.07) is 13.8. The molecule has 2 aromatic carbocycles. The van der Waals surface area contributed by atoms with Gasteiger partial charge in [-0.1, -0.05) is 23.7 Å². The van der Waals surface area contributed by atoms with E-state index in [1.165, 1.54) is 10.7 Å². The van der Waals surface area contributed by atoms with Crippen molar-refractivity contribution in [2.24, 2.45) is 0 Å². The van der Waals surface area contributed by atoms with Crippen molar-refractivity contribution in [3.8, 4) is 11.4 Å². The Morgan fingerprint density at radius 1 is 1.24 bits per heavy atom. The van der Waals surface area contributed by atoms with E-state index in [9.17, 15) is 9.90 Å². The summed E-state index contributed by atoms with van der Waals surface area (Å²) in [6.07, 6.45) is 3.60. The van der Waals surface area contributed by atoms with Crippen LogP contribution in [0.25, 0.3) is 5.69 Å². The first-order valence-corrected chi connectivity index (χ1v) is 11.5. The van der Waals surface area contributed by atoms with Crippen molar-refractivity contribution in [1.82, 2.24) is 19.3 Å². The smallest absolute Gasteiger partial charge is 0.291 e. The van der Waals surface area contributed by atoms with Gasteiger partial charge in [0.1, 0.15) is 17.5 Å². The van der Waals surface area contributed by atoms with Gasteiger partial charge in [0.05, 0.1) is 31.4 Å². The Labute approximate surface area is 209 Å². The molecule has 0 aliphatic heterocycles. The molecule has 0 radical (unpaired) electrons. The highest BCUT2D eigenvalue weighted by atomic mass is 127. The molecule has 0 spiro atoms. The minimum atomic E-state index is -0.673. The van der Waals surface area contributed by atoms with E-state index >= 15 is 0 Å². The quantitative estimate of drug-likeness (QED) is 0.318. The normalized spacial score (nSPS) is 11.9. The van der Waals surface area contributed by atoms with Crippen molar-refractivity contribution >= 4 is 45.6 Å². The van der Waals surface area contributed by atoms with E-state index in [1.807, 2.05) is 54.1 Å². The number of aliphatic hydroxyl groups is 1. The molecule has 0 saturated carbocycles. The molecule has 0 saturated heterocycles. The molecule has 2 N–H and O–H groups in total. The van der Waals surface area contributed by atoms with E-state index in [1.54, 1.807) is 19.5 Å². The van der Waals surface area contributed by atoms with Crippen LogP contribution in [0.3, 0.4) is 0 Å². The summed E-state index contributed by atoms with van der Waals surface area (Å²) < 4.78 is 9.60. The average Bonchev–Trinajstić information content (AvgIpc) is 3.23. The predicted octanol–water partition coefficient (Wildman–Crippen LogP) is 4.33. The lowest BCUT2D eigenvalue weighted by molar-refractivity contribution is 0.237. The number of ether oxygens (including phenoxy) is 1. The van der Waals surface area contributed by atoms with Crippen LogP contribution in [0.1, 0.15) is 17.3 Å². The third-order valence-corrected chi connectivity index (χ3v) is 5.91. The number of imidazole rings is 1. The Balaban J connectivity index is 1.71. The first kappa shape index (κ1) is 23.3. The van der Waals surface area contributed by atoms with Gasteiger partial charge in [0.15, 0.2) is 5.15 Å². The maximum absolute atomic E-state index is 13.3. The molecule has 170 valence electrons. The first-order valence-electron chi connectivity index (χ1n) is 10.0. The highest BCUT2D eigenvalue weighted by Crippen LogP contribution is 2.28. The number of methoxy groups -OCH3 is 1. The molecule has 0 fully saturated rings. The average molecular weight is 578 g/mol. The number of rotatable bonds is 7. The molecule has 8 nitrogen and oxygen atoms in total. The Bertz CT molecular complexity index is 1350. The second-order valence-electron chi connectivity index (χ2n) is 7.32. The van der Waals surface area contributed by atoms with Gasteiger partial charge < -0.3 is 19.7 Å². The number of hydrogen-bond donors (Lipinski definition) is 2. The number of nitrogens with one attached hydrogen (secondary N) is 1. The second kappa shape index (κ2) is 9.94. The number of aryl methyl sites for hydroxylation is 1. The van der Waals surface area contributed by atoms with E-state index in [4.69, 9.17) is 16.3 Å². The van der Waals surface area contributed by atoms with Gasteiger partial charge in [-0.3, -0.25) is 4.79 Å². The number of nitrogens with zero attached hydrogens (tertiary/aromatic N) is 4. The number of aromatic nitrogens is 4. The van der Waals surface area contributed by atoms with E-state index < -0.39 is 11.6 Å². The molecule has 4 rings (SSSR count). The standard InChI is InChI=1S/C23H21ClIN5O3/c1-14-11-29(13-26-14)19-7-6-17(9-21(19)33-2)27-18-10-22(24)28-30(23(18)32)20(12-31)15-4-3-5-16(25)8-15/h3-11,13,20,27,31H,12H2,1-2H3/t20-/m0/s1. The molecule has 0 unspecified atom stereocenters. The fourth-order valence-electron chi connectivity index (χ4n) is 3.50. The topological polar surface area (TPSA) is 94.2 Å². The van der Waals surface area contributed by atoms with Crippen LogP contribution in [-0.2, 0) is 0 Å². The summed E-state index contributed by atoms with van der Waals surface area (Å²) in [5.74, 6) is 0.602. The molecular weight excluding hydrogens is 557 g/mol. The number of aliphatic hydroxyl groups excluding tert-OH is 1.